The molecule has 0 saturated carbocycles. The van der Waals surface area contributed by atoms with Crippen LogP contribution in [0.5, 0.6) is 5.75 Å². The van der Waals surface area contributed by atoms with E-state index < -0.39 is 0 Å². The summed E-state index contributed by atoms with van der Waals surface area (Å²) in [5.41, 5.74) is 8.64. The Kier molecular flexibility index (Phi) is 3.87. The van der Waals surface area contributed by atoms with Crippen LogP contribution in [0.15, 0.2) is 12.1 Å². The van der Waals surface area contributed by atoms with Crippen LogP contribution in [0.1, 0.15) is 35.3 Å². The molecule has 0 bridgehead atoms. The zero-order valence-corrected chi connectivity index (χ0v) is 10.9. The van der Waals surface area contributed by atoms with Gasteiger partial charge in [-0.1, -0.05) is 6.07 Å². The summed E-state index contributed by atoms with van der Waals surface area (Å²) in [6.45, 7) is 4.58. The molecule has 18 heavy (non-hydrogen) atoms. The first-order chi connectivity index (χ1) is 8.67. The van der Waals surface area contributed by atoms with Crippen molar-refractivity contribution in [1.82, 2.24) is 0 Å². The minimum Gasteiger partial charge on any atom is -0.493 e. The molecular formula is C14H19NO3. The molecule has 4 heteroatoms. The lowest BCUT2D eigenvalue weighted by molar-refractivity contribution is 0.0520. The Bertz CT molecular complexity index is 457. The minimum atomic E-state index is -0.313. The van der Waals surface area contributed by atoms with Crippen molar-refractivity contribution in [3.63, 3.8) is 0 Å². The summed E-state index contributed by atoms with van der Waals surface area (Å²) in [4.78, 5) is 12.1. The first-order valence-corrected chi connectivity index (χ1v) is 6.37. The maximum absolute atomic E-state index is 12.1. The Balaban J connectivity index is 2.45. The number of hydrogen-bond acceptors (Lipinski definition) is 4. The van der Waals surface area contributed by atoms with Crippen LogP contribution in [0.4, 0.5) is 0 Å². The van der Waals surface area contributed by atoms with E-state index in [1.54, 1.807) is 6.92 Å². The van der Waals surface area contributed by atoms with E-state index in [1.165, 1.54) is 0 Å². The van der Waals surface area contributed by atoms with E-state index >= 15 is 0 Å². The van der Waals surface area contributed by atoms with Crippen molar-refractivity contribution >= 4 is 5.97 Å². The molecule has 0 spiro atoms. The third-order valence-corrected chi connectivity index (χ3v) is 3.10. The number of benzene rings is 1. The summed E-state index contributed by atoms with van der Waals surface area (Å²) in [6, 6.07) is 3.92. The molecule has 98 valence electrons. The molecule has 0 aliphatic heterocycles. The van der Waals surface area contributed by atoms with Crippen molar-refractivity contribution in [2.45, 2.75) is 32.7 Å². The second-order valence-corrected chi connectivity index (χ2v) is 4.40. The van der Waals surface area contributed by atoms with Gasteiger partial charge in [-0.2, -0.15) is 0 Å². The third-order valence-electron chi connectivity index (χ3n) is 3.10. The number of carbonyl (C=O) groups is 1. The van der Waals surface area contributed by atoms with E-state index in [0.29, 0.717) is 30.9 Å². The molecule has 0 saturated heterocycles. The van der Waals surface area contributed by atoms with Gasteiger partial charge in [0.1, 0.15) is 11.3 Å². The van der Waals surface area contributed by atoms with Gasteiger partial charge in [-0.05, 0) is 43.9 Å². The maximum Gasteiger partial charge on any atom is 0.342 e. The van der Waals surface area contributed by atoms with Crippen LogP contribution in [0.25, 0.3) is 0 Å². The number of fused-ring (bicyclic) bond motifs is 1. The molecule has 1 unspecified atom stereocenters. The molecule has 0 radical (unpaired) electrons. The Morgan fingerprint density at radius 1 is 1.33 bits per heavy atom. The van der Waals surface area contributed by atoms with Crippen LogP contribution < -0.4 is 10.5 Å². The van der Waals surface area contributed by atoms with E-state index in [9.17, 15) is 4.79 Å². The summed E-state index contributed by atoms with van der Waals surface area (Å²) in [5.74, 6) is 0.288. The average Bonchev–Trinajstić information content (AvgIpc) is 2.69. The Hall–Kier alpha value is -1.55. The van der Waals surface area contributed by atoms with Crippen LogP contribution in [0, 0.1) is 0 Å². The number of esters is 1. The highest BCUT2D eigenvalue weighted by Gasteiger charge is 2.27. The summed E-state index contributed by atoms with van der Waals surface area (Å²) in [7, 11) is 0. The van der Waals surface area contributed by atoms with Gasteiger partial charge in [0.15, 0.2) is 0 Å². The second-order valence-electron chi connectivity index (χ2n) is 4.40. The fourth-order valence-corrected chi connectivity index (χ4v) is 2.41. The number of rotatable bonds is 4. The monoisotopic (exact) mass is 249 g/mol. The number of nitrogens with two attached hydrogens (primary N) is 1. The van der Waals surface area contributed by atoms with Crippen molar-refractivity contribution in [3.05, 3.63) is 28.8 Å². The van der Waals surface area contributed by atoms with Crippen LogP contribution in [0.2, 0.25) is 0 Å². The summed E-state index contributed by atoms with van der Waals surface area (Å²) in [5, 5.41) is 0. The molecule has 0 aromatic heterocycles. The van der Waals surface area contributed by atoms with E-state index in [4.69, 9.17) is 15.2 Å². The number of hydrogen-bond donors (Lipinski definition) is 1. The average molecular weight is 249 g/mol. The number of carbonyl (C=O) groups excluding carboxylic acids is 1. The molecule has 1 aliphatic carbocycles. The van der Waals surface area contributed by atoms with Crippen molar-refractivity contribution in [3.8, 4) is 5.75 Å². The zero-order valence-electron chi connectivity index (χ0n) is 10.9. The highest BCUT2D eigenvalue weighted by Crippen LogP contribution is 2.32. The summed E-state index contributed by atoms with van der Waals surface area (Å²) >= 11 is 0. The highest BCUT2D eigenvalue weighted by molar-refractivity contribution is 5.95. The van der Waals surface area contributed by atoms with Crippen LogP contribution in [-0.2, 0) is 17.6 Å². The van der Waals surface area contributed by atoms with E-state index in [1.807, 2.05) is 19.1 Å². The predicted molar refractivity (Wildman–Crippen MR) is 69.0 cm³/mol. The Morgan fingerprint density at radius 2 is 2.11 bits per heavy atom. The lowest BCUT2D eigenvalue weighted by Gasteiger charge is -2.13. The first-order valence-electron chi connectivity index (χ1n) is 6.37. The molecule has 1 aromatic rings. The number of ether oxygens (including phenoxy) is 2. The van der Waals surface area contributed by atoms with Gasteiger partial charge in [-0.15, -0.1) is 0 Å². The van der Waals surface area contributed by atoms with Crippen LogP contribution in [-0.4, -0.2) is 25.2 Å². The Labute approximate surface area is 107 Å². The van der Waals surface area contributed by atoms with Crippen molar-refractivity contribution < 1.29 is 14.3 Å². The van der Waals surface area contributed by atoms with Gasteiger partial charge in [-0.3, -0.25) is 0 Å². The predicted octanol–water partition coefficient (Wildman–Crippen LogP) is 1.69. The molecule has 2 N–H and O–H groups in total. The lowest BCUT2D eigenvalue weighted by Crippen LogP contribution is -2.19. The normalized spacial score (nSPS) is 17.4. The SMILES string of the molecule is CCOC(=O)c1c(OCC)ccc2c1CC(N)C2. The van der Waals surface area contributed by atoms with E-state index in [2.05, 4.69) is 0 Å². The Morgan fingerprint density at radius 3 is 2.78 bits per heavy atom. The smallest absolute Gasteiger partial charge is 0.342 e. The molecule has 1 aromatic carbocycles. The first kappa shape index (κ1) is 12.9. The van der Waals surface area contributed by atoms with Crippen molar-refractivity contribution in [2.75, 3.05) is 13.2 Å². The van der Waals surface area contributed by atoms with Crippen molar-refractivity contribution in [1.29, 1.82) is 0 Å². The summed E-state index contributed by atoms with van der Waals surface area (Å²) < 4.78 is 10.6. The zero-order chi connectivity index (χ0) is 13.1. The highest BCUT2D eigenvalue weighted by atomic mass is 16.5. The molecule has 1 atom stereocenters. The minimum absolute atomic E-state index is 0.0880. The molecular weight excluding hydrogens is 230 g/mol. The quantitative estimate of drug-likeness (QED) is 0.825. The maximum atomic E-state index is 12.1. The van der Waals surface area contributed by atoms with Gasteiger partial charge in [0.2, 0.25) is 0 Å². The molecule has 0 amide bonds. The summed E-state index contributed by atoms with van der Waals surface area (Å²) in [6.07, 6.45) is 1.53. The van der Waals surface area contributed by atoms with Crippen LogP contribution >= 0.6 is 0 Å². The molecule has 0 heterocycles. The van der Waals surface area contributed by atoms with Gasteiger partial charge >= 0.3 is 5.97 Å². The van der Waals surface area contributed by atoms with Crippen molar-refractivity contribution in [2.24, 2.45) is 5.73 Å². The standard InChI is InChI=1S/C14H19NO3/c1-3-17-12-6-5-9-7-10(15)8-11(9)13(12)14(16)18-4-2/h5-6,10H,3-4,7-8,15H2,1-2H3. The molecule has 1 aliphatic rings. The topological polar surface area (TPSA) is 61.5 Å². The van der Waals surface area contributed by atoms with Gasteiger partial charge in [0.05, 0.1) is 13.2 Å². The molecule has 0 fully saturated rings. The van der Waals surface area contributed by atoms with Gasteiger partial charge in [0.25, 0.3) is 0 Å². The molecule has 2 rings (SSSR count). The molecule has 4 nitrogen and oxygen atoms in total. The lowest BCUT2D eigenvalue weighted by atomic mass is 10.0. The van der Waals surface area contributed by atoms with E-state index in [-0.39, 0.29) is 12.0 Å². The second kappa shape index (κ2) is 5.40. The fourth-order valence-electron chi connectivity index (χ4n) is 2.41. The van der Waals surface area contributed by atoms with Gasteiger partial charge in [0, 0.05) is 6.04 Å². The van der Waals surface area contributed by atoms with Gasteiger partial charge < -0.3 is 15.2 Å². The van der Waals surface area contributed by atoms with Gasteiger partial charge in [-0.25, -0.2) is 4.79 Å². The third kappa shape index (κ3) is 2.34. The largest absolute Gasteiger partial charge is 0.493 e. The fraction of sp³-hybridized carbons (Fsp3) is 0.500. The van der Waals surface area contributed by atoms with Crippen LogP contribution in [0.3, 0.4) is 0 Å². The van der Waals surface area contributed by atoms with E-state index in [0.717, 1.165) is 17.5 Å².